The lowest BCUT2D eigenvalue weighted by Crippen LogP contribution is -2.10. The molecule has 20 heavy (non-hydrogen) atoms. The van der Waals surface area contributed by atoms with Gasteiger partial charge in [0.15, 0.2) is 0 Å². The molecule has 2 N–H and O–H groups in total. The second-order valence-corrected chi connectivity index (χ2v) is 5.83. The fraction of sp³-hybridized carbons (Fsp3) is 0.471. The molecule has 3 heteroatoms. The molecule has 1 aromatic carbocycles. The number of aryl methyl sites for hydroxylation is 1. The van der Waals surface area contributed by atoms with Crippen LogP contribution in [0.25, 0.3) is 11.3 Å². The zero-order valence-electron chi connectivity index (χ0n) is 13.1. The maximum absolute atomic E-state index is 6.40. The highest BCUT2D eigenvalue weighted by Gasteiger charge is 2.20. The Kier molecular flexibility index (Phi) is 4.17. The standard InChI is InChI=1S/C17H25N3/c1-6-13-9-7-8-10-14(13)15-16(18)20(12(4)5)17(19-15)11(2)3/h7-12H,6,18H2,1-5H3. The number of anilines is 1. The number of nitrogens with two attached hydrogens (primary N) is 1. The van der Waals surface area contributed by atoms with E-state index in [9.17, 15) is 0 Å². The molecule has 0 fully saturated rings. The van der Waals surface area contributed by atoms with Crippen molar-refractivity contribution in [2.75, 3.05) is 5.73 Å². The lowest BCUT2D eigenvalue weighted by atomic mass is 10.0. The van der Waals surface area contributed by atoms with Crippen molar-refractivity contribution >= 4 is 5.82 Å². The number of hydrogen-bond donors (Lipinski definition) is 1. The molecular formula is C17H25N3. The van der Waals surface area contributed by atoms with Crippen LogP contribution in [0, 0.1) is 0 Å². The molecule has 1 heterocycles. The average Bonchev–Trinajstić information content (AvgIpc) is 2.76. The van der Waals surface area contributed by atoms with Gasteiger partial charge in [0, 0.05) is 17.5 Å². The molecule has 108 valence electrons. The van der Waals surface area contributed by atoms with E-state index in [-0.39, 0.29) is 0 Å². The van der Waals surface area contributed by atoms with Gasteiger partial charge in [0.05, 0.1) is 0 Å². The van der Waals surface area contributed by atoms with E-state index in [1.807, 2.05) is 0 Å². The zero-order chi connectivity index (χ0) is 14.9. The molecule has 0 atom stereocenters. The minimum atomic E-state index is 0.322. The van der Waals surface area contributed by atoms with Gasteiger partial charge in [0.25, 0.3) is 0 Å². The van der Waals surface area contributed by atoms with Crippen molar-refractivity contribution in [1.82, 2.24) is 9.55 Å². The molecular weight excluding hydrogens is 246 g/mol. The van der Waals surface area contributed by atoms with Crippen LogP contribution in [-0.2, 0) is 6.42 Å². The van der Waals surface area contributed by atoms with Gasteiger partial charge in [-0.3, -0.25) is 0 Å². The van der Waals surface area contributed by atoms with Crippen molar-refractivity contribution in [2.24, 2.45) is 0 Å². The van der Waals surface area contributed by atoms with Crippen LogP contribution in [0.5, 0.6) is 0 Å². The van der Waals surface area contributed by atoms with Gasteiger partial charge in [0.1, 0.15) is 17.3 Å². The van der Waals surface area contributed by atoms with Crippen LogP contribution in [-0.4, -0.2) is 9.55 Å². The van der Waals surface area contributed by atoms with Crippen LogP contribution in [0.4, 0.5) is 5.82 Å². The van der Waals surface area contributed by atoms with Crippen LogP contribution < -0.4 is 5.73 Å². The third kappa shape index (κ3) is 2.45. The van der Waals surface area contributed by atoms with Gasteiger partial charge >= 0.3 is 0 Å². The van der Waals surface area contributed by atoms with Gasteiger partial charge in [-0.15, -0.1) is 0 Å². The number of nitrogens with zero attached hydrogens (tertiary/aromatic N) is 2. The van der Waals surface area contributed by atoms with Crippen molar-refractivity contribution in [3.05, 3.63) is 35.7 Å². The predicted octanol–water partition coefficient (Wildman–Crippen LogP) is 4.40. The number of benzene rings is 1. The fourth-order valence-corrected chi connectivity index (χ4v) is 2.67. The van der Waals surface area contributed by atoms with E-state index < -0.39 is 0 Å². The van der Waals surface area contributed by atoms with Crippen molar-refractivity contribution in [1.29, 1.82) is 0 Å². The first-order chi connectivity index (χ1) is 9.47. The van der Waals surface area contributed by atoms with Gasteiger partial charge in [0.2, 0.25) is 0 Å². The normalized spacial score (nSPS) is 11.6. The van der Waals surface area contributed by atoms with Crippen molar-refractivity contribution < 1.29 is 0 Å². The van der Waals surface area contributed by atoms with E-state index in [1.54, 1.807) is 0 Å². The first kappa shape index (κ1) is 14.6. The maximum atomic E-state index is 6.40. The summed E-state index contributed by atoms with van der Waals surface area (Å²) in [6.07, 6.45) is 0.987. The van der Waals surface area contributed by atoms with E-state index >= 15 is 0 Å². The number of imidazole rings is 1. The molecule has 3 nitrogen and oxygen atoms in total. The van der Waals surface area contributed by atoms with E-state index in [0.29, 0.717) is 12.0 Å². The molecule has 0 spiro atoms. The summed E-state index contributed by atoms with van der Waals surface area (Å²) < 4.78 is 2.16. The molecule has 0 saturated carbocycles. The molecule has 2 rings (SSSR count). The second-order valence-electron chi connectivity index (χ2n) is 5.83. The lowest BCUT2D eigenvalue weighted by Gasteiger charge is -2.15. The molecule has 0 bridgehead atoms. The SMILES string of the molecule is CCc1ccccc1-c1nc(C(C)C)n(C(C)C)c1N. The van der Waals surface area contributed by atoms with Crippen molar-refractivity contribution in [2.45, 2.75) is 53.0 Å². The molecule has 2 aromatic rings. The minimum absolute atomic E-state index is 0.322. The highest BCUT2D eigenvalue weighted by molar-refractivity contribution is 5.74. The zero-order valence-corrected chi connectivity index (χ0v) is 13.1. The smallest absolute Gasteiger partial charge is 0.131 e. The number of rotatable bonds is 4. The Morgan fingerprint density at radius 3 is 2.30 bits per heavy atom. The molecule has 0 radical (unpaired) electrons. The van der Waals surface area contributed by atoms with Gasteiger partial charge in [-0.05, 0) is 25.8 Å². The Labute approximate surface area is 121 Å². The molecule has 0 aliphatic carbocycles. The fourth-order valence-electron chi connectivity index (χ4n) is 2.67. The molecule has 0 aliphatic heterocycles. The number of hydrogen-bond acceptors (Lipinski definition) is 2. The summed E-state index contributed by atoms with van der Waals surface area (Å²) in [4.78, 5) is 4.85. The predicted molar refractivity (Wildman–Crippen MR) is 85.9 cm³/mol. The molecule has 1 aromatic heterocycles. The highest BCUT2D eigenvalue weighted by atomic mass is 15.2. The van der Waals surface area contributed by atoms with Crippen LogP contribution in [0.3, 0.4) is 0 Å². The highest BCUT2D eigenvalue weighted by Crippen LogP contribution is 2.33. The lowest BCUT2D eigenvalue weighted by molar-refractivity contribution is 0.556. The first-order valence-corrected chi connectivity index (χ1v) is 7.43. The van der Waals surface area contributed by atoms with Crippen LogP contribution in [0.15, 0.2) is 24.3 Å². The number of nitrogen functional groups attached to an aromatic ring is 1. The molecule has 0 unspecified atom stereocenters. The average molecular weight is 271 g/mol. The number of aromatic nitrogens is 2. The molecule has 0 aliphatic rings. The second kappa shape index (κ2) is 5.70. The van der Waals surface area contributed by atoms with E-state index in [1.165, 1.54) is 5.56 Å². The summed E-state index contributed by atoms with van der Waals surface area (Å²) in [5, 5.41) is 0. The third-order valence-electron chi connectivity index (χ3n) is 3.66. The topological polar surface area (TPSA) is 43.8 Å². The minimum Gasteiger partial charge on any atom is -0.383 e. The van der Waals surface area contributed by atoms with E-state index in [2.05, 4.69) is 63.5 Å². The summed E-state index contributed by atoms with van der Waals surface area (Å²) >= 11 is 0. The largest absolute Gasteiger partial charge is 0.383 e. The van der Waals surface area contributed by atoms with Gasteiger partial charge < -0.3 is 10.3 Å². The van der Waals surface area contributed by atoms with Crippen molar-refractivity contribution in [3.63, 3.8) is 0 Å². The summed E-state index contributed by atoms with van der Waals surface area (Å²) in [6, 6.07) is 8.71. The van der Waals surface area contributed by atoms with Gasteiger partial charge in [-0.2, -0.15) is 0 Å². The van der Waals surface area contributed by atoms with E-state index in [4.69, 9.17) is 10.7 Å². The van der Waals surface area contributed by atoms with Gasteiger partial charge in [-0.1, -0.05) is 45.0 Å². The third-order valence-corrected chi connectivity index (χ3v) is 3.66. The Morgan fingerprint density at radius 1 is 1.15 bits per heavy atom. The summed E-state index contributed by atoms with van der Waals surface area (Å²) in [6.45, 7) is 10.8. The Morgan fingerprint density at radius 2 is 1.80 bits per heavy atom. The summed E-state index contributed by atoms with van der Waals surface area (Å²) in [7, 11) is 0. The monoisotopic (exact) mass is 271 g/mol. The maximum Gasteiger partial charge on any atom is 0.131 e. The van der Waals surface area contributed by atoms with Crippen LogP contribution in [0.2, 0.25) is 0 Å². The molecule has 0 saturated heterocycles. The summed E-state index contributed by atoms with van der Waals surface area (Å²) in [5.41, 5.74) is 9.78. The van der Waals surface area contributed by atoms with E-state index in [0.717, 1.165) is 29.3 Å². The van der Waals surface area contributed by atoms with Crippen LogP contribution >= 0.6 is 0 Å². The quantitative estimate of drug-likeness (QED) is 0.895. The van der Waals surface area contributed by atoms with Crippen LogP contribution in [0.1, 0.15) is 58.0 Å². The van der Waals surface area contributed by atoms with Crippen molar-refractivity contribution in [3.8, 4) is 11.3 Å². The Bertz CT molecular complexity index is 594. The Hall–Kier alpha value is -1.77. The van der Waals surface area contributed by atoms with Gasteiger partial charge in [-0.25, -0.2) is 4.98 Å². The Balaban J connectivity index is 2.67. The molecule has 0 amide bonds. The first-order valence-electron chi connectivity index (χ1n) is 7.43. The summed E-state index contributed by atoms with van der Waals surface area (Å²) in [5.74, 6) is 2.21.